The van der Waals surface area contributed by atoms with E-state index in [9.17, 15) is 4.79 Å². The minimum atomic E-state index is -0.948. The van der Waals surface area contributed by atoms with E-state index < -0.39 is 11.9 Å². The van der Waals surface area contributed by atoms with E-state index in [0.717, 1.165) is 5.56 Å². The fourth-order valence-electron chi connectivity index (χ4n) is 1.75. The minimum Gasteiger partial charge on any atom is -0.352 e. The second-order valence-electron chi connectivity index (χ2n) is 3.84. The van der Waals surface area contributed by atoms with Crippen molar-refractivity contribution in [3.63, 3.8) is 0 Å². The molecule has 0 N–H and O–H groups in total. The minimum absolute atomic E-state index is 0.0630. The molecule has 1 aromatic carbocycles. The fraction of sp³-hybridized carbons (Fsp3) is 0.308. The van der Waals surface area contributed by atoms with Crippen LogP contribution in [-0.2, 0) is 19.9 Å². The van der Waals surface area contributed by atoms with Crippen molar-refractivity contribution in [3.05, 3.63) is 48.0 Å². The molecule has 1 aromatic rings. The summed E-state index contributed by atoms with van der Waals surface area (Å²) in [4.78, 5) is 11.9. The lowest BCUT2D eigenvalue weighted by Crippen LogP contribution is -2.41. The zero-order valence-electron chi connectivity index (χ0n) is 9.34. The molecule has 84 valence electrons. The third kappa shape index (κ3) is 1.79. The van der Waals surface area contributed by atoms with Crippen LogP contribution in [0, 0.1) is 0 Å². The number of ether oxygens (including phenoxy) is 2. The van der Waals surface area contributed by atoms with E-state index in [4.69, 9.17) is 9.47 Å². The van der Waals surface area contributed by atoms with Gasteiger partial charge in [0.15, 0.2) is 17.7 Å². The molecule has 0 bridgehead atoms. The van der Waals surface area contributed by atoms with Gasteiger partial charge in [-0.2, -0.15) is 0 Å². The number of hydrogen-bond acceptors (Lipinski definition) is 3. The first-order chi connectivity index (χ1) is 7.66. The Kier molecular flexibility index (Phi) is 2.90. The average Bonchev–Trinajstić information content (AvgIpc) is 2.34. The van der Waals surface area contributed by atoms with Crippen molar-refractivity contribution in [1.82, 2.24) is 0 Å². The van der Waals surface area contributed by atoms with Crippen LogP contribution in [0.3, 0.4) is 0 Å². The Bertz CT molecular complexity index is 410. The Hall–Kier alpha value is -1.45. The standard InChI is InChI=1S/C13H14O3/c1-13(10-6-4-3-5-7-10)11(14)8-9-12(15-2)16-13/h3-9,12H,1-2H3/t12-,13+/m0/s1. The highest BCUT2D eigenvalue weighted by Gasteiger charge is 2.39. The molecular formula is C13H14O3. The van der Waals surface area contributed by atoms with Crippen LogP contribution in [-0.4, -0.2) is 19.2 Å². The van der Waals surface area contributed by atoms with Crippen LogP contribution in [0.1, 0.15) is 12.5 Å². The lowest BCUT2D eigenvalue weighted by Gasteiger charge is -2.33. The number of hydrogen-bond donors (Lipinski definition) is 0. The van der Waals surface area contributed by atoms with Crippen LogP contribution in [0.15, 0.2) is 42.5 Å². The van der Waals surface area contributed by atoms with Gasteiger partial charge in [0, 0.05) is 7.11 Å². The third-order valence-electron chi connectivity index (χ3n) is 2.78. The maximum atomic E-state index is 11.9. The number of ketones is 1. The lowest BCUT2D eigenvalue weighted by atomic mass is 9.89. The highest BCUT2D eigenvalue weighted by molar-refractivity contribution is 5.98. The molecule has 1 aliphatic heterocycles. The van der Waals surface area contributed by atoms with Crippen molar-refractivity contribution in [3.8, 4) is 0 Å². The smallest absolute Gasteiger partial charge is 0.191 e. The van der Waals surface area contributed by atoms with Gasteiger partial charge in [0.2, 0.25) is 0 Å². The summed E-state index contributed by atoms with van der Waals surface area (Å²) >= 11 is 0. The molecule has 0 saturated carbocycles. The molecule has 0 aliphatic carbocycles. The van der Waals surface area contributed by atoms with Crippen LogP contribution >= 0.6 is 0 Å². The fourth-order valence-corrected chi connectivity index (χ4v) is 1.75. The lowest BCUT2D eigenvalue weighted by molar-refractivity contribution is -0.185. The molecule has 2 atom stereocenters. The summed E-state index contributed by atoms with van der Waals surface area (Å²) in [7, 11) is 1.55. The van der Waals surface area contributed by atoms with Gasteiger partial charge in [-0.3, -0.25) is 4.79 Å². The number of benzene rings is 1. The molecule has 0 saturated heterocycles. The van der Waals surface area contributed by atoms with Crippen LogP contribution in [0.5, 0.6) is 0 Å². The molecule has 0 amide bonds. The third-order valence-corrected chi connectivity index (χ3v) is 2.78. The van der Waals surface area contributed by atoms with Crippen molar-refractivity contribution in [2.75, 3.05) is 7.11 Å². The Morgan fingerprint density at radius 2 is 2.00 bits per heavy atom. The Morgan fingerprint density at radius 1 is 1.31 bits per heavy atom. The van der Waals surface area contributed by atoms with Crippen LogP contribution in [0.25, 0.3) is 0 Å². The van der Waals surface area contributed by atoms with Crippen LogP contribution < -0.4 is 0 Å². The van der Waals surface area contributed by atoms with Crippen molar-refractivity contribution < 1.29 is 14.3 Å². The summed E-state index contributed by atoms with van der Waals surface area (Å²) in [5.41, 5.74) is -0.108. The first kappa shape index (κ1) is 11.0. The molecule has 2 rings (SSSR count). The Balaban J connectivity index is 2.38. The number of methoxy groups -OCH3 is 1. The van der Waals surface area contributed by atoms with Crippen molar-refractivity contribution in [2.24, 2.45) is 0 Å². The summed E-state index contributed by atoms with van der Waals surface area (Å²) in [6.07, 6.45) is 2.67. The predicted molar refractivity (Wildman–Crippen MR) is 59.8 cm³/mol. The first-order valence-corrected chi connectivity index (χ1v) is 5.15. The van der Waals surface area contributed by atoms with E-state index >= 15 is 0 Å². The normalized spacial score (nSPS) is 29.4. The zero-order valence-corrected chi connectivity index (χ0v) is 9.34. The second kappa shape index (κ2) is 4.20. The largest absolute Gasteiger partial charge is 0.352 e. The SMILES string of the molecule is CO[C@@H]1C=CC(=O)[C@@](C)(c2ccccc2)O1. The topological polar surface area (TPSA) is 35.5 Å². The maximum Gasteiger partial charge on any atom is 0.191 e. The molecule has 0 unspecified atom stereocenters. The molecule has 1 heterocycles. The predicted octanol–water partition coefficient (Wildman–Crippen LogP) is 2.03. The van der Waals surface area contributed by atoms with Gasteiger partial charge in [-0.1, -0.05) is 30.3 Å². The summed E-state index contributed by atoms with van der Waals surface area (Å²) < 4.78 is 10.8. The van der Waals surface area contributed by atoms with Gasteiger partial charge in [0.25, 0.3) is 0 Å². The highest BCUT2D eigenvalue weighted by Crippen LogP contribution is 2.31. The highest BCUT2D eigenvalue weighted by atomic mass is 16.7. The first-order valence-electron chi connectivity index (χ1n) is 5.15. The van der Waals surface area contributed by atoms with Gasteiger partial charge in [0.1, 0.15) is 0 Å². The molecule has 3 nitrogen and oxygen atoms in total. The van der Waals surface area contributed by atoms with Gasteiger partial charge < -0.3 is 9.47 Å². The molecule has 0 spiro atoms. The molecular weight excluding hydrogens is 204 g/mol. The van der Waals surface area contributed by atoms with Crippen molar-refractivity contribution >= 4 is 5.78 Å². The van der Waals surface area contributed by atoms with E-state index in [-0.39, 0.29) is 5.78 Å². The molecule has 16 heavy (non-hydrogen) atoms. The molecule has 0 fully saturated rings. The van der Waals surface area contributed by atoms with E-state index in [1.54, 1.807) is 20.1 Å². The van der Waals surface area contributed by atoms with Gasteiger partial charge in [-0.05, 0) is 24.6 Å². The number of carbonyl (C=O) groups excluding carboxylic acids is 1. The Labute approximate surface area is 94.7 Å². The van der Waals surface area contributed by atoms with Crippen molar-refractivity contribution in [1.29, 1.82) is 0 Å². The summed E-state index contributed by atoms with van der Waals surface area (Å²) in [5, 5.41) is 0. The van der Waals surface area contributed by atoms with E-state index in [1.165, 1.54) is 6.08 Å². The maximum absolute atomic E-state index is 11.9. The van der Waals surface area contributed by atoms with Crippen molar-refractivity contribution in [2.45, 2.75) is 18.8 Å². The van der Waals surface area contributed by atoms with E-state index in [1.807, 2.05) is 30.3 Å². The van der Waals surface area contributed by atoms with Gasteiger partial charge in [-0.15, -0.1) is 0 Å². The molecule has 0 radical (unpaired) electrons. The van der Waals surface area contributed by atoms with E-state index in [0.29, 0.717) is 0 Å². The average molecular weight is 218 g/mol. The Morgan fingerprint density at radius 3 is 2.62 bits per heavy atom. The quantitative estimate of drug-likeness (QED) is 0.762. The monoisotopic (exact) mass is 218 g/mol. The van der Waals surface area contributed by atoms with Gasteiger partial charge in [-0.25, -0.2) is 0 Å². The van der Waals surface area contributed by atoms with Crippen LogP contribution in [0.4, 0.5) is 0 Å². The van der Waals surface area contributed by atoms with Crippen LogP contribution in [0.2, 0.25) is 0 Å². The molecule has 1 aliphatic rings. The molecule has 0 aromatic heterocycles. The number of carbonyl (C=O) groups is 1. The van der Waals surface area contributed by atoms with E-state index in [2.05, 4.69) is 0 Å². The summed E-state index contributed by atoms with van der Waals surface area (Å²) in [6, 6.07) is 9.44. The summed E-state index contributed by atoms with van der Waals surface area (Å²) in [5.74, 6) is -0.0630. The van der Waals surface area contributed by atoms with Gasteiger partial charge >= 0.3 is 0 Å². The van der Waals surface area contributed by atoms with Gasteiger partial charge in [0.05, 0.1) is 0 Å². The number of rotatable bonds is 2. The zero-order chi connectivity index (χ0) is 11.6. The second-order valence-corrected chi connectivity index (χ2v) is 3.84. The summed E-state index contributed by atoms with van der Waals surface area (Å²) in [6.45, 7) is 1.76. The molecule has 3 heteroatoms.